The van der Waals surface area contributed by atoms with Crippen LogP contribution in [0.5, 0.6) is 0 Å². The van der Waals surface area contributed by atoms with E-state index in [0.717, 1.165) is 5.56 Å². The van der Waals surface area contributed by atoms with E-state index in [0.29, 0.717) is 19.5 Å². The monoisotopic (exact) mass is 345 g/mol. The average Bonchev–Trinajstić information content (AvgIpc) is 2.59. The van der Waals surface area contributed by atoms with E-state index in [1.54, 1.807) is 6.92 Å². The normalized spacial score (nSPS) is 10.5. The number of anilines is 2. The number of urea groups is 1. The summed E-state index contributed by atoms with van der Waals surface area (Å²) >= 11 is 0. The number of nitrogen functional groups attached to an aromatic ring is 1. The van der Waals surface area contributed by atoms with Gasteiger partial charge in [-0.3, -0.25) is 19.2 Å². The molecule has 1 heterocycles. The molecule has 134 valence electrons. The number of nitrogens with zero attached hydrogens (tertiary/aromatic N) is 2. The van der Waals surface area contributed by atoms with Crippen molar-refractivity contribution in [2.45, 2.75) is 26.8 Å². The van der Waals surface area contributed by atoms with Crippen molar-refractivity contribution in [3.63, 3.8) is 0 Å². The number of nitrogens with two attached hydrogens (primary N) is 1. The molecule has 0 aliphatic heterocycles. The molecular weight excluding hydrogens is 322 g/mol. The maximum Gasteiger partial charge on any atom is 0.330 e. The molecule has 2 rings (SSSR count). The number of carbonyl (C=O) groups is 1. The predicted molar refractivity (Wildman–Crippen MR) is 98.0 cm³/mol. The Kier molecular flexibility index (Phi) is 5.99. The minimum absolute atomic E-state index is 0.0108. The SMILES string of the molecule is CCCN(C(=O)NCC)c1c(N)n(Cc2ccccc2)c(=O)[nH]c1=O. The van der Waals surface area contributed by atoms with Gasteiger partial charge in [0, 0.05) is 13.1 Å². The molecule has 1 aromatic heterocycles. The van der Waals surface area contributed by atoms with E-state index in [1.807, 2.05) is 37.3 Å². The zero-order valence-corrected chi connectivity index (χ0v) is 14.4. The van der Waals surface area contributed by atoms with Crippen LogP contribution in [0.25, 0.3) is 0 Å². The molecule has 0 bridgehead atoms. The van der Waals surface area contributed by atoms with E-state index >= 15 is 0 Å². The van der Waals surface area contributed by atoms with Crippen molar-refractivity contribution in [3.05, 3.63) is 56.7 Å². The average molecular weight is 345 g/mol. The fourth-order valence-electron chi connectivity index (χ4n) is 2.55. The first-order valence-electron chi connectivity index (χ1n) is 8.21. The van der Waals surface area contributed by atoms with Crippen molar-refractivity contribution in [3.8, 4) is 0 Å². The summed E-state index contributed by atoms with van der Waals surface area (Å²) < 4.78 is 1.26. The van der Waals surface area contributed by atoms with Gasteiger partial charge in [-0.1, -0.05) is 37.3 Å². The first kappa shape index (κ1) is 18.3. The number of hydrogen-bond acceptors (Lipinski definition) is 4. The summed E-state index contributed by atoms with van der Waals surface area (Å²) in [6, 6.07) is 8.84. The molecule has 0 atom stereocenters. The standard InChI is InChI=1S/C17H23N5O3/c1-3-10-21(16(24)19-4-2)13-14(18)22(17(25)20-15(13)23)11-12-8-6-5-7-9-12/h5-9H,3-4,10-11,18H2,1-2H3,(H,19,24)(H,20,23,25). The molecule has 25 heavy (non-hydrogen) atoms. The van der Waals surface area contributed by atoms with Crippen molar-refractivity contribution in [1.29, 1.82) is 0 Å². The summed E-state index contributed by atoms with van der Waals surface area (Å²) in [4.78, 5) is 40.4. The van der Waals surface area contributed by atoms with Gasteiger partial charge >= 0.3 is 11.7 Å². The lowest BCUT2D eigenvalue weighted by molar-refractivity contribution is 0.246. The van der Waals surface area contributed by atoms with E-state index < -0.39 is 17.3 Å². The van der Waals surface area contributed by atoms with Crippen LogP contribution in [0, 0.1) is 0 Å². The zero-order chi connectivity index (χ0) is 18.4. The molecule has 0 aliphatic carbocycles. The Morgan fingerprint density at radius 3 is 2.52 bits per heavy atom. The van der Waals surface area contributed by atoms with Gasteiger partial charge in [0.2, 0.25) is 0 Å². The van der Waals surface area contributed by atoms with E-state index in [9.17, 15) is 14.4 Å². The molecule has 0 fully saturated rings. The molecule has 0 spiro atoms. The third-order valence-electron chi connectivity index (χ3n) is 3.69. The second-order valence-electron chi connectivity index (χ2n) is 5.55. The molecule has 4 N–H and O–H groups in total. The van der Waals surface area contributed by atoms with Gasteiger partial charge in [0.05, 0.1) is 6.54 Å². The van der Waals surface area contributed by atoms with Crippen molar-refractivity contribution in [1.82, 2.24) is 14.9 Å². The number of rotatable bonds is 6. The fraction of sp³-hybridized carbons (Fsp3) is 0.353. The van der Waals surface area contributed by atoms with E-state index in [4.69, 9.17) is 5.73 Å². The highest BCUT2D eigenvalue weighted by Gasteiger charge is 2.23. The van der Waals surface area contributed by atoms with Crippen molar-refractivity contribution in [2.24, 2.45) is 0 Å². The van der Waals surface area contributed by atoms with Crippen LogP contribution in [0.4, 0.5) is 16.3 Å². The third kappa shape index (κ3) is 4.09. The largest absolute Gasteiger partial charge is 0.383 e. The highest BCUT2D eigenvalue weighted by Crippen LogP contribution is 2.18. The zero-order valence-electron chi connectivity index (χ0n) is 14.4. The lowest BCUT2D eigenvalue weighted by Crippen LogP contribution is -2.45. The first-order chi connectivity index (χ1) is 12.0. The third-order valence-corrected chi connectivity index (χ3v) is 3.69. The Bertz CT molecular complexity index is 842. The number of carbonyl (C=O) groups excluding carboxylic acids is 1. The van der Waals surface area contributed by atoms with Crippen LogP contribution < -0.4 is 27.2 Å². The Labute approximate surface area is 145 Å². The highest BCUT2D eigenvalue weighted by molar-refractivity contribution is 5.94. The van der Waals surface area contributed by atoms with Gasteiger partial charge in [-0.05, 0) is 18.9 Å². The highest BCUT2D eigenvalue weighted by atomic mass is 16.2. The van der Waals surface area contributed by atoms with Gasteiger partial charge < -0.3 is 11.1 Å². The van der Waals surface area contributed by atoms with Gasteiger partial charge in [-0.15, -0.1) is 0 Å². The van der Waals surface area contributed by atoms with E-state index in [1.165, 1.54) is 9.47 Å². The molecule has 0 unspecified atom stereocenters. The summed E-state index contributed by atoms with van der Waals surface area (Å²) in [5.74, 6) is -0.0303. The van der Waals surface area contributed by atoms with Crippen LogP contribution >= 0.6 is 0 Å². The van der Waals surface area contributed by atoms with Crippen LogP contribution in [-0.2, 0) is 6.54 Å². The first-order valence-corrected chi connectivity index (χ1v) is 8.21. The summed E-state index contributed by atoms with van der Waals surface area (Å²) in [7, 11) is 0. The number of amides is 2. The minimum Gasteiger partial charge on any atom is -0.383 e. The number of aromatic amines is 1. The second-order valence-corrected chi connectivity index (χ2v) is 5.55. The Morgan fingerprint density at radius 2 is 1.92 bits per heavy atom. The number of aromatic nitrogens is 2. The summed E-state index contributed by atoms with van der Waals surface area (Å²) in [6.07, 6.45) is 0.633. The Hall–Kier alpha value is -3.03. The lowest BCUT2D eigenvalue weighted by atomic mass is 10.2. The quantitative estimate of drug-likeness (QED) is 0.728. The smallest absolute Gasteiger partial charge is 0.330 e. The number of hydrogen-bond donors (Lipinski definition) is 3. The minimum atomic E-state index is -0.675. The number of nitrogens with one attached hydrogen (secondary N) is 2. The van der Waals surface area contributed by atoms with E-state index in [2.05, 4.69) is 10.3 Å². The van der Waals surface area contributed by atoms with Crippen molar-refractivity contribution in [2.75, 3.05) is 23.7 Å². The van der Waals surface area contributed by atoms with Crippen LogP contribution in [0.2, 0.25) is 0 Å². The van der Waals surface area contributed by atoms with Gasteiger partial charge in [0.15, 0.2) is 5.69 Å². The van der Waals surface area contributed by atoms with Crippen molar-refractivity contribution >= 4 is 17.5 Å². The summed E-state index contributed by atoms with van der Waals surface area (Å²) in [5.41, 5.74) is 5.68. The molecule has 8 nitrogen and oxygen atoms in total. The van der Waals surface area contributed by atoms with Crippen molar-refractivity contribution < 1.29 is 4.79 Å². The van der Waals surface area contributed by atoms with Gasteiger partial charge in [-0.25, -0.2) is 9.59 Å². The second kappa shape index (κ2) is 8.18. The van der Waals surface area contributed by atoms with Crippen LogP contribution in [0.3, 0.4) is 0 Å². The molecule has 2 aromatic rings. The number of H-pyrrole nitrogens is 1. The van der Waals surface area contributed by atoms with Crippen LogP contribution in [0.15, 0.2) is 39.9 Å². The molecule has 8 heteroatoms. The Balaban J connectivity index is 2.54. The molecule has 0 aliphatic rings. The molecule has 0 radical (unpaired) electrons. The van der Waals surface area contributed by atoms with Gasteiger partial charge in [-0.2, -0.15) is 0 Å². The number of benzene rings is 1. The molecule has 2 amide bonds. The maximum atomic E-state index is 12.3. The summed E-state index contributed by atoms with van der Waals surface area (Å²) in [6.45, 7) is 4.59. The van der Waals surface area contributed by atoms with Gasteiger partial charge in [0.1, 0.15) is 5.82 Å². The van der Waals surface area contributed by atoms with Crippen LogP contribution in [0.1, 0.15) is 25.8 Å². The Morgan fingerprint density at radius 1 is 1.24 bits per heavy atom. The predicted octanol–water partition coefficient (Wildman–Crippen LogP) is 1.11. The molecule has 0 saturated carbocycles. The molecule has 0 saturated heterocycles. The summed E-state index contributed by atoms with van der Waals surface area (Å²) in [5, 5.41) is 2.66. The van der Waals surface area contributed by atoms with Gasteiger partial charge in [0.25, 0.3) is 5.56 Å². The lowest BCUT2D eigenvalue weighted by Gasteiger charge is -2.24. The molecular formula is C17H23N5O3. The topological polar surface area (TPSA) is 113 Å². The van der Waals surface area contributed by atoms with Crippen LogP contribution in [-0.4, -0.2) is 28.7 Å². The van der Waals surface area contributed by atoms with E-state index in [-0.39, 0.29) is 18.1 Å². The fourth-order valence-corrected chi connectivity index (χ4v) is 2.55. The molecule has 1 aromatic carbocycles. The maximum absolute atomic E-state index is 12.3.